The first-order chi connectivity index (χ1) is 13.2. The summed E-state index contributed by atoms with van der Waals surface area (Å²) in [4.78, 5) is 13.1. The summed E-state index contributed by atoms with van der Waals surface area (Å²) in [5.74, 6) is 0.117. The number of hydrogen-bond donors (Lipinski definition) is 0. The lowest BCUT2D eigenvalue weighted by Gasteiger charge is -2.12. The summed E-state index contributed by atoms with van der Waals surface area (Å²) in [6.45, 7) is 0. The Morgan fingerprint density at radius 2 is 1.85 bits per heavy atom. The molecule has 27 heavy (non-hydrogen) atoms. The molecule has 0 aliphatic heterocycles. The fourth-order valence-corrected chi connectivity index (χ4v) is 3.62. The van der Waals surface area contributed by atoms with E-state index in [-0.39, 0.29) is 5.76 Å². The average Bonchev–Trinajstić information content (AvgIpc) is 3.35. The number of ether oxygens (including phenoxy) is 1. The van der Waals surface area contributed by atoms with Crippen molar-refractivity contribution >= 4 is 39.3 Å². The first-order valence-corrected chi connectivity index (χ1v) is 9.14. The highest BCUT2D eigenvalue weighted by atomic mass is 32.1. The maximum atomic E-state index is 12.4. The molecule has 0 N–H and O–H groups in total. The first-order valence-electron chi connectivity index (χ1n) is 8.32. The Morgan fingerprint density at radius 3 is 2.63 bits per heavy atom. The van der Waals surface area contributed by atoms with Gasteiger partial charge in [-0.2, -0.15) is 5.10 Å². The van der Waals surface area contributed by atoms with Gasteiger partial charge in [-0.05, 0) is 36.4 Å². The second-order valence-electron chi connectivity index (χ2n) is 5.76. The average molecular weight is 376 g/mol. The summed E-state index contributed by atoms with van der Waals surface area (Å²) in [6, 6.07) is 20.8. The third kappa shape index (κ3) is 3.61. The molecular weight excluding hydrogens is 360 g/mol. The van der Waals surface area contributed by atoms with Gasteiger partial charge in [0.25, 0.3) is 0 Å². The fraction of sp³-hybridized carbons (Fsp3) is 0.0476. The van der Waals surface area contributed by atoms with Gasteiger partial charge in [0, 0.05) is 17.1 Å². The molecule has 5 nitrogen and oxygen atoms in total. The minimum Gasteiger partial charge on any atom is -0.457 e. The highest BCUT2D eigenvalue weighted by Gasteiger charge is 2.18. The minimum atomic E-state index is -0.533. The van der Waals surface area contributed by atoms with Crippen LogP contribution in [0, 0.1) is 0 Å². The quantitative estimate of drug-likeness (QED) is 0.273. The van der Waals surface area contributed by atoms with Crippen molar-refractivity contribution in [3.63, 3.8) is 0 Å². The van der Waals surface area contributed by atoms with Gasteiger partial charge in [-0.1, -0.05) is 30.3 Å². The minimum absolute atomic E-state index is 0.162. The number of esters is 1. The molecule has 2 aromatic heterocycles. The van der Waals surface area contributed by atoms with E-state index in [1.807, 2.05) is 61.6 Å². The van der Waals surface area contributed by atoms with E-state index in [9.17, 15) is 4.79 Å². The van der Waals surface area contributed by atoms with Crippen molar-refractivity contribution in [2.24, 2.45) is 5.10 Å². The lowest BCUT2D eigenvalue weighted by atomic mass is 10.2. The zero-order valence-electron chi connectivity index (χ0n) is 14.5. The molecule has 6 heteroatoms. The van der Waals surface area contributed by atoms with Gasteiger partial charge in [-0.3, -0.25) is 5.01 Å². The Hall–Kier alpha value is -3.38. The summed E-state index contributed by atoms with van der Waals surface area (Å²) in [5, 5.41) is 7.13. The molecule has 0 unspecified atom stereocenters. The van der Waals surface area contributed by atoms with Crippen LogP contribution in [0.4, 0.5) is 5.69 Å². The highest BCUT2D eigenvalue weighted by molar-refractivity contribution is 7.21. The molecule has 0 aliphatic carbocycles. The van der Waals surface area contributed by atoms with E-state index in [0.29, 0.717) is 5.75 Å². The molecule has 0 saturated carbocycles. The Kier molecular flexibility index (Phi) is 4.72. The van der Waals surface area contributed by atoms with Crippen molar-refractivity contribution in [2.75, 3.05) is 12.1 Å². The monoisotopic (exact) mass is 376 g/mol. The van der Waals surface area contributed by atoms with Crippen molar-refractivity contribution in [2.45, 2.75) is 0 Å². The van der Waals surface area contributed by atoms with E-state index in [1.54, 1.807) is 23.4 Å². The number of thiophene rings is 1. The van der Waals surface area contributed by atoms with Gasteiger partial charge in [-0.25, -0.2) is 4.79 Å². The predicted molar refractivity (Wildman–Crippen MR) is 108 cm³/mol. The second kappa shape index (κ2) is 7.47. The van der Waals surface area contributed by atoms with E-state index in [2.05, 4.69) is 5.10 Å². The van der Waals surface area contributed by atoms with Crippen molar-refractivity contribution in [3.05, 3.63) is 83.6 Å². The molecule has 0 amide bonds. The smallest absolute Gasteiger partial charge is 0.379 e. The predicted octanol–water partition coefficient (Wildman–Crippen LogP) is 5.18. The van der Waals surface area contributed by atoms with Crippen LogP contribution in [0.15, 0.2) is 82.5 Å². The van der Waals surface area contributed by atoms with Crippen LogP contribution >= 0.6 is 11.3 Å². The number of benzene rings is 2. The maximum Gasteiger partial charge on any atom is 0.379 e. The number of anilines is 1. The zero-order valence-corrected chi connectivity index (χ0v) is 15.3. The topological polar surface area (TPSA) is 55.0 Å². The molecule has 0 saturated heterocycles. The van der Waals surface area contributed by atoms with Crippen LogP contribution in [-0.2, 0) is 0 Å². The third-order valence-corrected chi connectivity index (χ3v) is 5.06. The van der Waals surface area contributed by atoms with Crippen molar-refractivity contribution < 1.29 is 13.9 Å². The lowest BCUT2D eigenvalue weighted by molar-refractivity contribution is 0.0704. The van der Waals surface area contributed by atoms with Crippen LogP contribution in [0.2, 0.25) is 0 Å². The van der Waals surface area contributed by atoms with Gasteiger partial charge in [0.2, 0.25) is 5.76 Å². The molecule has 0 fully saturated rings. The Labute approximate surface area is 160 Å². The van der Waals surface area contributed by atoms with Crippen LogP contribution in [0.3, 0.4) is 0 Å². The van der Waals surface area contributed by atoms with E-state index in [0.717, 1.165) is 20.7 Å². The zero-order chi connectivity index (χ0) is 18.6. The first kappa shape index (κ1) is 17.1. The van der Waals surface area contributed by atoms with Crippen LogP contribution in [0.5, 0.6) is 5.75 Å². The molecule has 0 aliphatic rings. The number of carbonyl (C=O) groups is 1. The Balaban J connectivity index is 1.67. The molecular formula is C21H16N2O3S. The number of nitrogens with zero attached hydrogens (tertiary/aromatic N) is 2. The van der Waals surface area contributed by atoms with Gasteiger partial charge >= 0.3 is 5.97 Å². The fourth-order valence-electron chi connectivity index (χ4n) is 2.62. The summed E-state index contributed by atoms with van der Waals surface area (Å²) in [5.41, 5.74) is 0.962. The Morgan fingerprint density at radius 1 is 1.07 bits per heavy atom. The normalized spacial score (nSPS) is 11.1. The molecule has 0 bridgehead atoms. The molecule has 134 valence electrons. The van der Waals surface area contributed by atoms with E-state index in [1.165, 1.54) is 17.6 Å². The SMILES string of the molecule is CN(/N=C\c1sc2ccccc2c1OC(=O)c1ccco1)c1ccccc1. The van der Waals surface area contributed by atoms with Gasteiger partial charge in [0.05, 0.1) is 23.0 Å². The molecule has 0 spiro atoms. The lowest BCUT2D eigenvalue weighted by Crippen LogP contribution is -2.10. The van der Waals surface area contributed by atoms with Crippen LogP contribution in [0.25, 0.3) is 10.1 Å². The van der Waals surface area contributed by atoms with Crippen molar-refractivity contribution in [1.82, 2.24) is 0 Å². The number of hydrogen-bond acceptors (Lipinski definition) is 6. The van der Waals surface area contributed by atoms with Crippen LogP contribution in [0.1, 0.15) is 15.4 Å². The molecule has 0 radical (unpaired) electrons. The Bertz CT molecular complexity index is 1090. The van der Waals surface area contributed by atoms with Crippen LogP contribution < -0.4 is 9.75 Å². The van der Waals surface area contributed by atoms with Gasteiger partial charge in [0.1, 0.15) is 0 Å². The molecule has 4 rings (SSSR count). The number of hydrazone groups is 1. The van der Waals surface area contributed by atoms with Gasteiger partial charge in [0.15, 0.2) is 5.75 Å². The summed E-state index contributed by atoms with van der Waals surface area (Å²) in [7, 11) is 1.87. The highest BCUT2D eigenvalue weighted by Crippen LogP contribution is 2.37. The number of furan rings is 1. The van der Waals surface area contributed by atoms with Crippen LogP contribution in [-0.4, -0.2) is 19.2 Å². The number of carbonyl (C=O) groups excluding carboxylic acids is 1. The maximum absolute atomic E-state index is 12.4. The largest absolute Gasteiger partial charge is 0.457 e. The second-order valence-corrected chi connectivity index (χ2v) is 6.85. The molecule has 2 aromatic carbocycles. The van der Waals surface area contributed by atoms with E-state index >= 15 is 0 Å². The van der Waals surface area contributed by atoms with Crippen molar-refractivity contribution in [3.8, 4) is 5.75 Å². The standard InChI is InChI=1S/C21H16N2O3S/c1-23(15-8-3-2-4-9-15)22-14-19-20(16-10-5-6-12-18(16)27-19)26-21(24)17-11-7-13-25-17/h2-14H,1H3/b22-14-. The number of fused-ring (bicyclic) bond motifs is 1. The van der Waals surface area contributed by atoms with Crippen molar-refractivity contribution in [1.29, 1.82) is 0 Å². The molecule has 2 heterocycles. The van der Waals surface area contributed by atoms with Gasteiger partial charge < -0.3 is 9.15 Å². The van der Waals surface area contributed by atoms with Gasteiger partial charge in [-0.15, -0.1) is 11.3 Å². The van der Waals surface area contributed by atoms with E-state index < -0.39 is 5.97 Å². The third-order valence-electron chi connectivity index (χ3n) is 3.97. The molecule has 4 aromatic rings. The number of rotatable bonds is 5. The summed E-state index contributed by atoms with van der Waals surface area (Å²) >= 11 is 1.52. The van der Waals surface area contributed by atoms with E-state index in [4.69, 9.17) is 9.15 Å². The molecule has 0 atom stereocenters. The summed E-state index contributed by atoms with van der Waals surface area (Å²) in [6.07, 6.45) is 3.15. The number of para-hydroxylation sites is 1. The summed E-state index contributed by atoms with van der Waals surface area (Å²) < 4.78 is 11.8.